The molecule has 0 radical (unpaired) electrons. The third-order valence-corrected chi connectivity index (χ3v) is 3.58. The van der Waals surface area contributed by atoms with E-state index in [1.165, 1.54) is 16.7 Å². The summed E-state index contributed by atoms with van der Waals surface area (Å²) in [4.78, 5) is 0. The van der Waals surface area contributed by atoms with Gasteiger partial charge in [-0.25, -0.2) is 0 Å². The Morgan fingerprint density at radius 3 is 1.95 bits per heavy atom. The molecule has 2 heteroatoms. The zero-order valence-electron chi connectivity index (χ0n) is 13.4. The predicted octanol–water partition coefficient (Wildman–Crippen LogP) is 4.74. The van der Waals surface area contributed by atoms with Crippen molar-refractivity contribution in [2.45, 2.75) is 39.3 Å². The van der Waals surface area contributed by atoms with Crippen LogP contribution in [0.4, 0.5) is 5.69 Å². The summed E-state index contributed by atoms with van der Waals surface area (Å²) in [6, 6.07) is 17.2. The zero-order chi connectivity index (χ0) is 15.3. The second-order valence-electron chi connectivity index (χ2n) is 6.43. The van der Waals surface area contributed by atoms with Crippen molar-refractivity contribution >= 4 is 5.69 Å². The Hall–Kier alpha value is -1.80. The summed E-state index contributed by atoms with van der Waals surface area (Å²) in [6.45, 7) is 8.20. The molecule has 0 fully saturated rings. The van der Waals surface area contributed by atoms with Gasteiger partial charge < -0.3 is 10.1 Å². The summed E-state index contributed by atoms with van der Waals surface area (Å²) in [6.07, 6.45) is 0. The molecule has 112 valence electrons. The van der Waals surface area contributed by atoms with E-state index in [1.54, 1.807) is 7.11 Å². The first-order valence-corrected chi connectivity index (χ1v) is 7.40. The van der Waals surface area contributed by atoms with E-state index >= 15 is 0 Å². The quantitative estimate of drug-likeness (QED) is 0.855. The third kappa shape index (κ3) is 4.61. The molecule has 0 saturated carbocycles. The molecule has 21 heavy (non-hydrogen) atoms. The van der Waals surface area contributed by atoms with Gasteiger partial charge in [0.25, 0.3) is 0 Å². The molecule has 0 unspecified atom stereocenters. The number of anilines is 1. The SMILES string of the molecule is COCc1ccc(CNc2ccc(C(C)(C)C)cc2)cc1. The molecule has 0 atom stereocenters. The minimum Gasteiger partial charge on any atom is -0.381 e. The van der Waals surface area contributed by atoms with Crippen LogP contribution < -0.4 is 5.32 Å². The van der Waals surface area contributed by atoms with Gasteiger partial charge in [0.15, 0.2) is 0 Å². The molecule has 0 saturated heterocycles. The Morgan fingerprint density at radius 1 is 0.857 bits per heavy atom. The molecule has 2 aromatic rings. The fourth-order valence-electron chi connectivity index (χ4n) is 2.21. The van der Waals surface area contributed by atoms with Crippen molar-refractivity contribution in [1.82, 2.24) is 0 Å². The first kappa shape index (κ1) is 15.6. The van der Waals surface area contributed by atoms with Crippen LogP contribution in [0.5, 0.6) is 0 Å². The molecule has 0 heterocycles. The molecule has 0 aliphatic rings. The first-order valence-electron chi connectivity index (χ1n) is 7.40. The van der Waals surface area contributed by atoms with Crippen LogP contribution in [-0.2, 0) is 23.3 Å². The van der Waals surface area contributed by atoms with Gasteiger partial charge in [-0.05, 0) is 34.2 Å². The van der Waals surface area contributed by atoms with Crippen LogP contribution in [0.3, 0.4) is 0 Å². The lowest BCUT2D eigenvalue weighted by Crippen LogP contribution is -2.10. The minimum absolute atomic E-state index is 0.204. The fraction of sp³-hybridized carbons (Fsp3) is 0.368. The fourth-order valence-corrected chi connectivity index (χ4v) is 2.21. The largest absolute Gasteiger partial charge is 0.381 e. The summed E-state index contributed by atoms with van der Waals surface area (Å²) in [7, 11) is 1.72. The van der Waals surface area contributed by atoms with Crippen molar-refractivity contribution in [3.8, 4) is 0 Å². The van der Waals surface area contributed by atoms with Crippen molar-refractivity contribution < 1.29 is 4.74 Å². The monoisotopic (exact) mass is 283 g/mol. The average Bonchev–Trinajstić information content (AvgIpc) is 2.46. The number of nitrogens with one attached hydrogen (secondary N) is 1. The topological polar surface area (TPSA) is 21.3 Å². The van der Waals surface area contributed by atoms with E-state index in [0.717, 1.165) is 12.2 Å². The van der Waals surface area contributed by atoms with Gasteiger partial charge in [0, 0.05) is 19.3 Å². The van der Waals surface area contributed by atoms with Gasteiger partial charge in [0.05, 0.1) is 6.61 Å². The van der Waals surface area contributed by atoms with Crippen LogP contribution in [0.15, 0.2) is 48.5 Å². The van der Waals surface area contributed by atoms with Gasteiger partial charge >= 0.3 is 0 Å². The van der Waals surface area contributed by atoms with E-state index < -0.39 is 0 Å². The smallest absolute Gasteiger partial charge is 0.0713 e. The predicted molar refractivity (Wildman–Crippen MR) is 89.6 cm³/mol. The van der Waals surface area contributed by atoms with E-state index in [0.29, 0.717) is 6.61 Å². The maximum atomic E-state index is 5.12. The van der Waals surface area contributed by atoms with Gasteiger partial charge in [-0.3, -0.25) is 0 Å². The molecule has 0 amide bonds. The number of hydrogen-bond donors (Lipinski definition) is 1. The average molecular weight is 283 g/mol. The molecular weight excluding hydrogens is 258 g/mol. The van der Waals surface area contributed by atoms with Crippen LogP contribution in [0, 0.1) is 0 Å². The molecule has 1 N–H and O–H groups in total. The van der Waals surface area contributed by atoms with Gasteiger partial charge in [0.1, 0.15) is 0 Å². The highest BCUT2D eigenvalue weighted by Gasteiger charge is 2.12. The summed E-state index contributed by atoms with van der Waals surface area (Å²) < 4.78 is 5.12. The minimum atomic E-state index is 0.204. The Labute approximate surface area is 128 Å². The van der Waals surface area contributed by atoms with Gasteiger partial charge in [0.2, 0.25) is 0 Å². The van der Waals surface area contributed by atoms with Gasteiger partial charge in [-0.15, -0.1) is 0 Å². The van der Waals surface area contributed by atoms with Crippen LogP contribution in [0.2, 0.25) is 0 Å². The highest BCUT2D eigenvalue weighted by Crippen LogP contribution is 2.23. The normalized spacial score (nSPS) is 11.4. The molecule has 2 aromatic carbocycles. The van der Waals surface area contributed by atoms with Crippen molar-refractivity contribution in [2.75, 3.05) is 12.4 Å². The highest BCUT2D eigenvalue weighted by atomic mass is 16.5. The van der Waals surface area contributed by atoms with E-state index in [-0.39, 0.29) is 5.41 Å². The maximum absolute atomic E-state index is 5.12. The standard InChI is InChI=1S/C19H25NO/c1-19(2,3)17-9-11-18(12-10-17)20-13-15-5-7-16(8-6-15)14-21-4/h5-12,20H,13-14H2,1-4H3. The number of benzene rings is 2. The molecule has 0 aromatic heterocycles. The van der Waals surface area contributed by atoms with Gasteiger partial charge in [-0.2, -0.15) is 0 Å². The number of methoxy groups -OCH3 is 1. The van der Waals surface area contributed by atoms with E-state index in [9.17, 15) is 0 Å². The van der Waals surface area contributed by atoms with Crippen LogP contribution in [-0.4, -0.2) is 7.11 Å². The van der Waals surface area contributed by atoms with Crippen LogP contribution >= 0.6 is 0 Å². The maximum Gasteiger partial charge on any atom is 0.0713 e. The number of ether oxygens (including phenoxy) is 1. The van der Waals surface area contributed by atoms with Crippen molar-refractivity contribution in [2.24, 2.45) is 0 Å². The molecule has 2 nitrogen and oxygen atoms in total. The lowest BCUT2D eigenvalue weighted by molar-refractivity contribution is 0.185. The van der Waals surface area contributed by atoms with Crippen LogP contribution in [0.1, 0.15) is 37.5 Å². The van der Waals surface area contributed by atoms with Crippen molar-refractivity contribution in [3.63, 3.8) is 0 Å². The second-order valence-corrected chi connectivity index (χ2v) is 6.43. The van der Waals surface area contributed by atoms with Gasteiger partial charge in [-0.1, -0.05) is 57.2 Å². The zero-order valence-corrected chi connectivity index (χ0v) is 13.4. The van der Waals surface area contributed by atoms with Crippen molar-refractivity contribution in [1.29, 1.82) is 0 Å². The van der Waals surface area contributed by atoms with Crippen LogP contribution in [0.25, 0.3) is 0 Å². The molecule has 0 spiro atoms. The lowest BCUT2D eigenvalue weighted by Gasteiger charge is -2.19. The third-order valence-electron chi connectivity index (χ3n) is 3.58. The summed E-state index contributed by atoms with van der Waals surface area (Å²) in [5.41, 5.74) is 5.20. The molecule has 0 aliphatic carbocycles. The number of hydrogen-bond acceptors (Lipinski definition) is 2. The Bertz CT molecular complexity index is 550. The molecule has 0 bridgehead atoms. The Morgan fingerprint density at radius 2 is 1.43 bits per heavy atom. The highest BCUT2D eigenvalue weighted by molar-refractivity contribution is 5.46. The Balaban J connectivity index is 1.93. The van der Waals surface area contributed by atoms with E-state index in [1.807, 2.05) is 0 Å². The van der Waals surface area contributed by atoms with E-state index in [4.69, 9.17) is 4.74 Å². The molecule has 2 rings (SSSR count). The first-order chi connectivity index (χ1) is 9.99. The Kier molecular flexibility index (Phi) is 5.03. The van der Waals surface area contributed by atoms with E-state index in [2.05, 4.69) is 74.6 Å². The summed E-state index contributed by atoms with van der Waals surface area (Å²) >= 11 is 0. The molecular formula is C19H25NO. The lowest BCUT2D eigenvalue weighted by atomic mass is 9.87. The second kappa shape index (κ2) is 6.77. The number of rotatable bonds is 5. The summed E-state index contributed by atoms with van der Waals surface area (Å²) in [5, 5.41) is 3.46. The molecule has 0 aliphatic heterocycles. The van der Waals surface area contributed by atoms with Crippen molar-refractivity contribution in [3.05, 3.63) is 65.2 Å². The summed E-state index contributed by atoms with van der Waals surface area (Å²) in [5.74, 6) is 0.